The molecule has 0 aliphatic rings. The van der Waals surface area contributed by atoms with Crippen LogP contribution in [0.3, 0.4) is 0 Å². The summed E-state index contributed by atoms with van der Waals surface area (Å²) in [5.74, 6) is -0.169. The van der Waals surface area contributed by atoms with Gasteiger partial charge in [-0.2, -0.15) is 0 Å². The fourth-order valence-electron chi connectivity index (χ4n) is 2.05. The summed E-state index contributed by atoms with van der Waals surface area (Å²) < 4.78 is 14.7. The van der Waals surface area contributed by atoms with Crippen molar-refractivity contribution in [3.8, 4) is 0 Å². The van der Waals surface area contributed by atoms with E-state index in [0.29, 0.717) is 12.0 Å². The summed E-state index contributed by atoms with van der Waals surface area (Å²) in [4.78, 5) is 4.39. The number of nitrogens with one attached hydrogen (secondary N) is 1. The Balaban J connectivity index is 2.27. The molecular weight excluding hydrogens is 307 g/mol. The van der Waals surface area contributed by atoms with Gasteiger partial charge >= 0.3 is 0 Å². The molecule has 1 aromatic heterocycles. The van der Waals surface area contributed by atoms with Gasteiger partial charge in [-0.15, -0.1) is 0 Å². The van der Waals surface area contributed by atoms with Crippen LogP contribution in [0.4, 0.5) is 4.39 Å². The molecular formula is C15H16BrFN2. The van der Waals surface area contributed by atoms with Gasteiger partial charge < -0.3 is 5.32 Å². The molecule has 0 spiro atoms. The average Bonchev–Trinajstić information content (AvgIpc) is 2.41. The number of nitrogens with zero attached hydrogens (tertiary/aromatic N) is 1. The van der Waals surface area contributed by atoms with Gasteiger partial charge in [0.05, 0.1) is 11.7 Å². The van der Waals surface area contributed by atoms with Gasteiger partial charge in [0.2, 0.25) is 0 Å². The first kappa shape index (κ1) is 14.2. The Kier molecular flexibility index (Phi) is 5.05. The highest BCUT2D eigenvalue weighted by Gasteiger charge is 2.16. The third kappa shape index (κ3) is 3.61. The van der Waals surface area contributed by atoms with E-state index < -0.39 is 0 Å². The highest BCUT2D eigenvalue weighted by Crippen LogP contribution is 2.24. The van der Waals surface area contributed by atoms with Crippen molar-refractivity contribution >= 4 is 15.9 Å². The molecule has 1 aromatic carbocycles. The van der Waals surface area contributed by atoms with Crippen LogP contribution in [0.5, 0.6) is 0 Å². The molecule has 0 aliphatic carbocycles. The zero-order chi connectivity index (χ0) is 13.7. The molecule has 0 amide bonds. The molecule has 2 aromatic rings. The van der Waals surface area contributed by atoms with Crippen LogP contribution in [0.1, 0.15) is 24.2 Å². The predicted octanol–water partition coefficient (Wildman–Crippen LogP) is 3.88. The monoisotopic (exact) mass is 322 g/mol. The SMILES string of the molecule is CCNC(Cc1ccccc1F)c1ncccc1Br. The van der Waals surface area contributed by atoms with Crippen LogP contribution in [0, 0.1) is 5.82 Å². The van der Waals surface area contributed by atoms with Crippen LogP contribution in [-0.4, -0.2) is 11.5 Å². The number of likely N-dealkylation sites (N-methyl/N-ethyl adjacent to an activating group) is 1. The van der Waals surface area contributed by atoms with Crippen LogP contribution < -0.4 is 5.32 Å². The highest BCUT2D eigenvalue weighted by molar-refractivity contribution is 9.10. The smallest absolute Gasteiger partial charge is 0.126 e. The molecule has 2 nitrogen and oxygen atoms in total. The Morgan fingerprint density at radius 3 is 2.74 bits per heavy atom. The second kappa shape index (κ2) is 6.78. The number of hydrogen-bond donors (Lipinski definition) is 1. The van der Waals surface area contributed by atoms with E-state index >= 15 is 0 Å². The molecule has 0 aliphatic heterocycles. The molecule has 0 saturated heterocycles. The Hall–Kier alpha value is -1.26. The number of halogens is 2. The quantitative estimate of drug-likeness (QED) is 0.903. The fourth-order valence-corrected chi connectivity index (χ4v) is 2.58. The number of benzene rings is 1. The maximum Gasteiger partial charge on any atom is 0.126 e. The molecule has 4 heteroatoms. The lowest BCUT2D eigenvalue weighted by Crippen LogP contribution is -2.24. The van der Waals surface area contributed by atoms with E-state index in [2.05, 4.69) is 26.2 Å². The molecule has 1 heterocycles. The minimum Gasteiger partial charge on any atom is -0.309 e. The van der Waals surface area contributed by atoms with Crippen molar-refractivity contribution in [3.05, 3.63) is 64.1 Å². The van der Waals surface area contributed by atoms with Crippen molar-refractivity contribution in [3.63, 3.8) is 0 Å². The Labute approximate surface area is 121 Å². The first-order chi connectivity index (χ1) is 9.22. The largest absolute Gasteiger partial charge is 0.309 e. The predicted molar refractivity (Wildman–Crippen MR) is 78.5 cm³/mol. The van der Waals surface area contributed by atoms with Crippen LogP contribution in [0.25, 0.3) is 0 Å². The lowest BCUT2D eigenvalue weighted by atomic mass is 10.0. The molecule has 0 fully saturated rings. The molecule has 100 valence electrons. The molecule has 0 saturated carbocycles. The molecule has 1 unspecified atom stereocenters. The topological polar surface area (TPSA) is 24.9 Å². The fraction of sp³-hybridized carbons (Fsp3) is 0.267. The van der Waals surface area contributed by atoms with Gasteiger partial charge in [0.1, 0.15) is 5.82 Å². The van der Waals surface area contributed by atoms with Gasteiger partial charge in [0, 0.05) is 10.7 Å². The zero-order valence-electron chi connectivity index (χ0n) is 10.7. The lowest BCUT2D eigenvalue weighted by Gasteiger charge is -2.19. The van der Waals surface area contributed by atoms with Crippen molar-refractivity contribution in [2.75, 3.05) is 6.54 Å². The van der Waals surface area contributed by atoms with Crippen molar-refractivity contribution in [2.24, 2.45) is 0 Å². The van der Waals surface area contributed by atoms with E-state index in [0.717, 1.165) is 16.7 Å². The van der Waals surface area contributed by atoms with Gasteiger partial charge in [-0.1, -0.05) is 25.1 Å². The maximum atomic E-state index is 13.7. The second-order valence-corrected chi connectivity index (χ2v) is 5.13. The summed E-state index contributed by atoms with van der Waals surface area (Å²) >= 11 is 3.50. The highest BCUT2D eigenvalue weighted by atomic mass is 79.9. The summed E-state index contributed by atoms with van der Waals surface area (Å²) in [6.07, 6.45) is 2.34. The average molecular weight is 323 g/mol. The van der Waals surface area contributed by atoms with Crippen LogP contribution in [0.2, 0.25) is 0 Å². The van der Waals surface area contributed by atoms with Gasteiger partial charge in [-0.25, -0.2) is 4.39 Å². The van der Waals surface area contributed by atoms with E-state index in [4.69, 9.17) is 0 Å². The molecule has 2 rings (SSSR count). The normalized spacial score (nSPS) is 12.4. The lowest BCUT2D eigenvalue weighted by molar-refractivity contribution is 0.516. The Bertz CT molecular complexity index is 545. The Morgan fingerprint density at radius 1 is 1.26 bits per heavy atom. The first-order valence-corrected chi connectivity index (χ1v) is 7.09. The van der Waals surface area contributed by atoms with Crippen molar-refractivity contribution < 1.29 is 4.39 Å². The molecule has 1 atom stereocenters. The summed E-state index contributed by atoms with van der Waals surface area (Å²) in [6, 6.07) is 10.7. The standard InChI is InChI=1S/C15H16BrFN2/c1-2-18-14(15-12(16)7-5-9-19-15)10-11-6-3-4-8-13(11)17/h3-9,14,18H,2,10H2,1H3. The van der Waals surface area contributed by atoms with Gasteiger partial charge in [-0.3, -0.25) is 4.98 Å². The van der Waals surface area contributed by atoms with E-state index in [9.17, 15) is 4.39 Å². The maximum absolute atomic E-state index is 13.7. The summed E-state index contributed by atoms with van der Waals surface area (Å²) in [7, 11) is 0. The van der Waals surface area contributed by atoms with Crippen molar-refractivity contribution in [1.29, 1.82) is 0 Å². The minimum atomic E-state index is -0.169. The van der Waals surface area contributed by atoms with Gasteiger partial charge in [0.15, 0.2) is 0 Å². The first-order valence-electron chi connectivity index (χ1n) is 6.29. The van der Waals surface area contributed by atoms with Gasteiger partial charge in [-0.05, 0) is 52.7 Å². The summed E-state index contributed by atoms with van der Waals surface area (Å²) in [5, 5.41) is 3.36. The zero-order valence-corrected chi connectivity index (χ0v) is 12.3. The molecule has 19 heavy (non-hydrogen) atoms. The minimum absolute atomic E-state index is 0.00234. The second-order valence-electron chi connectivity index (χ2n) is 4.28. The summed E-state index contributed by atoms with van der Waals surface area (Å²) in [6.45, 7) is 2.84. The van der Waals surface area contributed by atoms with E-state index in [-0.39, 0.29) is 11.9 Å². The number of pyridine rings is 1. The third-order valence-electron chi connectivity index (χ3n) is 2.95. The van der Waals surface area contributed by atoms with Crippen LogP contribution in [-0.2, 0) is 6.42 Å². The van der Waals surface area contributed by atoms with Crippen molar-refractivity contribution in [1.82, 2.24) is 10.3 Å². The van der Waals surface area contributed by atoms with Crippen LogP contribution in [0.15, 0.2) is 47.1 Å². The molecule has 1 N–H and O–H groups in total. The number of rotatable bonds is 5. The van der Waals surface area contributed by atoms with E-state index in [1.54, 1.807) is 12.3 Å². The van der Waals surface area contributed by atoms with E-state index in [1.807, 2.05) is 31.2 Å². The van der Waals surface area contributed by atoms with Crippen molar-refractivity contribution in [2.45, 2.75) is 19.4 Å². The molecule has 0 bridgehead atoms. The Morgan fingerprint density at radius 2 is 2.05 bits per heavy atom. The third-order valence-corrected chi connectivity index (χ3v) is 3.62. The number of aromatic nitrogens is 1. The number of hydrogen-bond acceptors (Lipinski definition) is 2. The molecule has 0 radical (unpaired) electrons. The van der Waals surface area contributed by atoms with Crippen LogP contribution >= 0.6 is 15.9 Å². The summed E-state index contributed by atoms with van der Waals surface area (Å²) in [5.41, 5.74) is 1.61. The van der Waals surface area contributed by atoms with E-state index in [1.165, 1.54) is 6.07 Å². The van der Waals surface area contributed by atoms with Gasteiger partial charge in [0.25, 0.3) is 0 Å².